The number of anilines is 1. The van der Waals surface area contributed by atoms with Gasteiger partial charge >= 0.3 is 0 Å². The molecule has 0 unspecified atom stereocenters. The Morgan fingerprint density at radius 3 is 2.20 bits per heavy atom. The van der Waals surface area contributed by atoms with Crippen LogP contribution in [0.15, 0.2) is 24.3 Å². The molecule has 0 aromatic heterocycles. The van der Waals surface area contributed by atoms with E-state index in [9.17, 15) is 9.59 Å². The van der Waals surface area contributed by atoms with Gasteiger partial charge < -0.3 is 21.3 Å². The molecule has 1 aromatic carbocycles. The summed E-state index contributed by atoms with van der Waals surface area (Å²) in [5.41, 5.74) is 6.65. The molecule has 1 aromatic rings. The van der Waals surface area contributed by atoms with E-state index in [1.54, 1.807) is 24.3 Å². The number of nitrogens with one attached hydrogen (secondary N) is 2. The van der Waals surface area contributed by atoms with Crippen LogP contribution in [0.2, 0.25) is 0 Å². The van der Waals surface area contributed by atoms with Gasteiger partial charge in [0.15, 0.2) is 0 Å². The zero-order valence-electron chi connectivity index (χ0n) is 14.9. The third-order valence-electron chi connectivity index (χ3n) is 3.65. The Bertz CT molecular complexity index is 494. The third-order valence-corrected chi connectivity index (χ3v) is 3.65. The zero-order chi connectivity index (χ0) is 17.1. The maximum Gasteiger partial charge on any atom is 0.251 e. The van der Waals surface area contributed by atoms with Crippen LogP contribution in [0.4, 0.5) is 5.69 Å². The summed E-state index contributed by atoms with van der Waals surface area (Å²) < 4.78 is 0. The fraction of sp³-hybridized carbons (Fsp3) is 0.529. The van der Waals surface area contributed by atoms with Crippen molar-refractivity contribution in [3.8, 4) is 0 Å². The lowest BCUT2D eigenvalue weighted by atomic mass is 10.2. The van der Waals surface area contributed by atoms with E-state index in [0.29, 0.717) is 37.2 Å². The van der Waals surface area contributed by atoms with Gasteiger partial charge in [-0.3, -0.25) is 9.59 Å². The largest absolute Gasteiger partial charge is 0.351 e. The van der Waals surface area contributed by atoms with Crippen LogP contribution in [0.1, 0.15) is 37.0 Å². The van der Waals surface area contributed by atoms with Crippen molar-refractivity contribution in [2.75, 3.05) is 38.0 Å². The molecule has 0 aliphatic carbocycles. The van der Waals surface area contributed by atoms with Gasteiger partial charge in [-0.05, 0) is 50.3 Å². The lowest BCUT2D eigenvalue weighted by Crippen LogP contribution is -2.34. The summed E-state index contributed by atoms with van der Waals surface area (Å²) >= 11 is 0. The van der Waals surface area contributed by atoms with Crippen molar-refractivity contribution in [1.29, 1.82) is 0 Å². The first-order valence-electron chi connectivity index (χ1n) is 8.21. The van der Waals surface area contributed by atoms with Crippen molar-refractivity contribution in [1.82, 2.24) is 10.2 Å². The van der Waals surface area contributed by atoms with Crippen LogP contribution < -0.4 is 16.4 Å². The molecule has 0 aliphatic heterocycles. The van der Waals surface area contributed by atoms with Gasteiger partial charge in [-0.25, -0.2) is 0 Å². The molecular formula is C17H30Cl2N4O2. The molecule has 0 atom stereocenters. The van der Waals surface area contributed by atoms with Crippen LogP contribution in [-0.4, -0.2) is 49.4 Å². The van der Waals surface area contributed by atoms with Crippen LogP contribution >= 0.6 is 24.8 Å². The Balaban J connectivity index is 0. The lowest BCUT2D eigenvalue weighted by Gasteiger charge is -2.17. The number of amides is 2. The molecule has 0 bridgehead atoms. The van der Waals surface area contributed by atoms with Crippen molar-refractivity contribution in [2.45, 2.75) is 26.7 Å². The molecule has 6 nitrogen and oxygen atoms in total. The number of carbonyl (C=O) groups excluding carboxylic acids is 2. The molecule has 1 rings (SSSR count). The number of nitrogens with zero attached hydrogens (tertiary/aromatic N) is 1. The van der Waals surface area contributed by atoms with E-state index in [0.717, 1.165) is 19.6 Å². The Hall–Kier alpha value is -1.34. The Morgan fingerprint density at radius 2 is 1.68 bits per heavy atom. The van der Waals surface area contributed by atoms with Gasteiger partial charge in [0.1, 0.15) is 0 Å². The second-order valence-electron chi connectivity index (χ2n) is 5.30. The molecule has 8 heteroatoms. The van der Waals surface area contributed by atoms with Crippen molar-refractivity contribution in [3.05, 3.63) is 29.8 Å². The Kier molecular flexibility index (Phi) is 15.5. The number of carbonyl (C=O) groups is 2. The van der Waals surface area contributed by atoms with Crippen molar-refractivity contribution >= 4 is 42.3 Å². The SMILES string of the molecule is CCN(CC)CCNC(=O)c1ccc(NC(=O)CCCN)cc1.Cl.Cl. The van der Waals surface area contributed by atoms with Crippen LogP contribution in [-0.2, 0) is 4.79 Å². The summed E-state index contributed by atoms with van der Waals surface area (Å²) in [6, 6.07) is 6.90. The van der Waals surface area contributed by atoms with Gasteiger partial charge in [0, 0.05) is 30.8 Å². The normalized spacial score (nSPS) is 9.76. The summed E-state index contributed by atoms with van der Waals surface area (Å²) in [7, 11) is 0. The van der Waals surface area contributed by atoms with Crippen molar-refractivity contribution in [2.24, 2.45) is 5.73 Å². The molecule has 0 spiro atoms. The molecule has 0 heterocycles. The maximum atomic E-state index is 12.0. The molecule has 0 radical (unpaired) electrons. The lowest BCUT2D eigenvalue weighted by molar-refractivity contribution is -0.116. The summed E-state index contributed by atoms with van der Waals surface area (Å²) in [6.45, 7) is 8.12. The maximum absolute atomic E-state index is 12.0. The monoisotopic (exact) mass is 392 g/mol. The number of likely N-dealkylation sites (N-methyl/N-ethyl adjacent to an activating group) is 1. The van der Waals surface area contributed by atoms with Gasteiger partial charge in [-0.15, -0.1) is 24.8 Å². The summed E-state index contributed by atoms with van der Waals surface area (Å²) in [5.74, 6) is -0.162. The second-order valence-corrected chi connectivity index (χ2v) is 5.30. The fourth-order valence-corrected chi connectivity index (χ4v) is 2.16. The second kappa shape index (κ2) is 15.0. The van der Waals surface area contributed by atoms with Gasteiger partial charge in [0.05, 0.1) is 0 Å². The topological polar surface area (TPSA) is 87.5 Å². The molecule has 25 heavy (non-hydrogen) atoms. The molecule has 4 N–H and O–H groups in total. The highest BCUT2D eigenvalue weighted by Crippen LogP contribution is 2.10. The van der Waals surface area contributed by atoms with Crippen molar-refractivity contribution in [3.63, 3.8) is 0 Å². The first kappa shape index (κ1) is 25.9. The molecule has 144 valence electrons. The number of benzene rings is 1. The average molecular weight is 393 g/mol. The van der Waals surface area contributed by atoms with E-state index in [1.165, 1.54) is 0 Å². The first-order valence-corrected chi connectivity index (χ1v) is 8.21. The summed E-state index contributed by atoms with van der Waals surface area (Å²) in [6.07, 6.45) is 1.07. The van der Waals surface area contributed by atoms with Gasteiger partial charge in [-0.2, -0.15) is 0 Å². The zero-order valence-corrected chi connectivity index (χ0v) is 16.5. The third kappa shape index (κ3) is 10.3. The average Bonchev–Trinajstić information content (AvgIpc) is 2.57. The number of hydrogen-bond donors (Lipinski definition) is 3. The first-order chi connectivity index (χ1) is 11.1. The molecular weight excluding hydrogens is 363 g/mol. The highest BCUT2D eigenvalue weighted by Gasteiger charge is 2.07. The molecule has 0 saturated heterocycles. The van der Waals surface area contributed by atoms with Gasteiger partial charge in [0.25, 0.3) is 5.91 Å². The molecule has 0 aliphatic rings. The van der Waals surface area contributed by atoms with Gasteiger partial charge in [-0.1, -0.05) is 13.8 Å². The standard InChI is InChI=1S/C17H28N4O2.2ClH/c1-3-21(4-2)13-12-19-17(23)14-7-9-15(10-8-14)20-16(22)6-5-11-18;;/h7-10H,3-6,11-13,18H2,1-2H3,(H,19,23)(H,20,22);2*1H. The number of rotatable bonds is 10. The van der Waals surface area contributed by atoms with E-state index >= 15 is 0 Å². The van der Waals surface area contributed by atoms with Crippen LogP contribution in [0.25, 0.3) is 0 Å². The molecule has 2 amide bonds. The van der Waals surface area contributed by atoms with Crippen LogP contribution in [0.3, 0.4) is 0 Å². The molecule has 0 fully saturated rings. The van der Waals surface area contributed by atoms with E-state index < -0.39 is 0 Å². The van der Waals surface area contributed by atoms with Crippen molar-refractivity contribution < 1.29 is 9.59 Å². The van der Waals surface area contributed by atoms with E-state index in [4.69, 9.17) is 5.73 Å². The predicted molar refractivity (Wildman–Crippen MR) is 108 cm³/mol. The Morgan fingerprint density at radius 1 is 1.08 bits per heavy atom. The minimum atomic E-state index is -0.0989. The number of nitrogens with two attached hydrogens (primary N) is 1. The number of halogens is 2. The van der Waals surface area contributed by atoms with E-state index in [2.05, 4.69) is 29.4 Å². The van der Waals surface area contributed by atoms with E-state index in [1.807, 2.05) is 0 Å². The quantitative estimate of drug-likeness (QED) is 0.569. The smallest absolute Gasteiger partial charge is 0.251 e. The minimum absolute atomic E-state index is 0. The van der Waals surface area contributed by atoms with E-state index in [-0.39, 0.29) is 36.6 Å². The highest BCUT2D eigenvalue weighted by atomic mass is 35.5. The van der Waals surface area contributed by atoms with Crippen LogP contribution in [0.5, 0.6) is 0 Å². The summed E-state index contributed by atoms with van der Waals surface area (Å²) in [4.78, 5) is 25.9. The molecule has 0 saturated carbocycles. The van der Waals surface area contributed by atoms with Gasteiger partial charge in [0.2, 0.25) is 5.91 Å². The Labute approximate surface area is 162 Å². The van der Waals surface area contributed by atoms with Crippen LogP contribution in [0, 0.1) is 0 Å². The fourth-order valence-electron chi connectivity index (χ4n) is 2.16. The highest BCUT2D eigenvalue weighted by molar-refractivity contribution is 5.95. The minimum Gasteiger partial charge on any atom is -0.351 e. The summed E-state index contributed by atoms with van der Waals surface area (Å²) in [5, 5.41) is 5.69. The number of hydrogen-bond acceptors (Lipinski definition) is 4. The predicted octanol–water partition coefficient (Wildman–Crippen LogP) is 2.28.